The lowest BCUT2D eigenvalue weighted by molar-refractivity contribution is 0.685. The van der Waals surface area contributed by atoms with E-state index in [1.165, 1.54) is 35.4 Å². The molecular weight excluding hydrogens is 178 g/mol. The summed E-state index contributed by atoms with van der Waals surface area (Å²) in [6.45, 7) is 3.38. The smallest absolute Gasteiger partial charge is 0.00683 e. The van der Waals surface area contributed by atoms with Gasteiger partial charge in [-0.05, 0) is 37.8 Å². The fourth-order valence-electron chi connectivity index (χ4n) is 1.43. The molecule has 1 aliphatic carbocycles. The van der Waals surface area contributed by atoms with E-state index < -0.39 is 0 Å². The molecular formula is C11H17NS. The van der Waals surface area contributed by atoms with Crippen LogP contribution in [0, 0.1) is 0 Å². The Bertz CT molecular complexity index is 263. The Labute approximate surface area is 84.2 Å². The topological polar surface area (TPSA) is 12.0 Å². The molecule has 1 heterocycles. The van der Waals surface area contributed by atoms with Gasteiger partial charge in [0.2, 0.25) is 0 Å². The van der Waals surface area contributed by atoms with Crippen LogP contribution in [-0.4, -0.2) is 12.6 Å². The molecule has 1 saturated carbocycles. The van der Waals surface area contributed by atoms with Gasteiger partial charge in [-0.1, -0.05) is 6.92 Å². The lowest BCUT2D eigenvalue weighted by atomic mass is 10.3. The van der Waals surface area contributed by atoms with Gasteiger partial charge in [0, 0.05) is 22.3 Å². The molecule has 13 heavy (non-hydrogen) atoms. The van der Waals surface area contributed by atoms with Crippen molar-refractivity contribution in [3.05, 3.63) is 21.9 Å². The lowest BCUT2D eigenvalue weighted by Crippen LogP contribution is -2.18. The summed E-state index contributed by atoms with van der Waals surface area (Å²) in [6.07, 6.45) is 5.18. The second kappa shape index (κ2) is 4.25. The van der Waals surface area contributed by atoms with E-state index in [2.05, 4.69) is 24.4 Å². The monoisotopic (exact) mass is 195 g/mol. The van der Waals surface area contributed by atoms with Gasteiger partial charge < -0.3 is 5.32 Å². The van der Waals surface area contributed by atoms with Gasteiger partial charge in [-0.2, -0.15) is 0 Å². The van der Waals surface area contributed by atoms with E-state index in [1.54, 1.807) is 0 Å². The molecule has 1 aromatic rings. The van der Waals surface area contributed by atoms with Gasteiger partial charge in [0.15, 0.2) is 0 Å². The average Bonchev–Trinajstić information content (AvgIpc) is 2.84. The summed E-state index contributed by atoms with van der Waals surface area (Å²) in [4.78, 5) is 3.05. The van der Waals surface area contributed by atoms with Crippen LogP contribution in [0.3, 0.4) is 0 Å². The molecule has 2 heteroatoms. The van der Waals surface area contributed by atoms with Gasteiger partial charge in [-0.15, -0.1) is 11.3 Å². The third kappa shape index (κ3) is 2.82. The molecule has 0 bridgehead atoms. The highest BCUT2D eigenvalue weighted by Crippen LogP contribution is 2.20. The number of hydrogen-bond acceptors (Lipinski definition) is 2. The molecule has 0 unspecified atom stereocenters. The van der Waals surface area contributed by atoms with E-state index in [4.69, 9.17) is 0 Å². The SMILES string of the molecule is CCc1ccc(CCNC2CC2)s1. The Hall–Kier alpha value is -0.340. The molecule has 0 radical (unpaired) electrons. The first-order valence-corrected chi connectivity index (χ1v) is 6.01. The van der Waals surface area contributed by atoms with Crippen molar-refractivity contribution in [3.8, 4) is 0 Å². The van der Waals surface area contributed by atoms with E-state index >= 15 is 0 Å². The Balaban J connectivity index is 1.72. The highest BCUT2D eigenvalue weighted by Gasteiger charge is 2.19. The molecule has 0 saturated heterocycles. The average molecular weight is 195 g/mol. The molecule has 1 fully saturated rings. The van der Waals surface area contributed by atoms with Crippen LogP contribution in [0.4, 0.5) is 0 Å². The maximum Gasteiger partial charge on any atom is 0.00683 e. The number of hydrogen-bond donors (Lipinski definition) is 1. The molecule has 72 valence electrons. The third-order valence-electron chi connectivity index (χ3n) is 2.45. The molecule has 0 amide bonds. The molecule has 0 spiro atoms. The maximum atomic E-state index is 3.54. The second-order valence-electron chi connectivity index (χ2n) is 3.70. The summed E-state index contributed by atoms with van der Waals surface area (Å²) in [6, 6.07) is 5.39. The van der Waals surface area contributed by atoms with Crippen LogP contribution < -0.4 is 5.32 Å². The van der Waals surface area contributed by atoms with Crippen molar-refractivity contribution in [2.24, 2.45) is 0 Å². The first kappa shape index (κ1) is 9.22. The molecule has 1 aliphatic rings. The Kier molecular flexibility index (Phi) is 3.01. The van der Waals surface area contributed by atoms with Gasteiger partial charge in [-0.25, -0.2) is 0 Å². The predicted octanol–water partition coefficient (Wildman–Crippen LogP) is 2.61. The maximum absolute atomic E-state index is 3.54. The minimum Gasteiger partial charge on any atom is -0.314 e. The normalized spacial score (nSPS) is 16.4. The predicted molar refractivity (Wildman–Crippen MR) is 58.4 cm³/mol. The minimum atomic E-state index is 0.852. The summed E-state index contributed by atoms with van der Waals surface area (Å²) in [5.74, 6) is 0. The van der Waals surface area contributed by atoms with E-state index in [0.717, 1.165) is 12.6 Å². The van der Waals surface area contributed by atoms with Crippen molar-refractivity contribution in [1.82, 2.24) is 5.32 Å². The number of thiophene rings is 1. The molecule has 1 N–H and O–H groups in total. The van der Waals surface area contributed by atoms with E-state index in [0.29, 0.717) is 0 Å². The summed E-state index contributed by atoms with van der Waals surface area (Å²) in [5, 5.41) is 3.54. The van der Waals surface area contributed by atoms with Gasteiger partial charge in [0.05, 0.1) is 0 Å². The summed E-state index contributed by atoms with van der Waals surface area (Å²) >= 11 is 1.96. The van der Waals surface area contributed by atoms with Crippen molar-refractivity contribution in [1.29, 1.82) is 0 Å². The molecule has 2 rings (SSSR count). The quantitative estimate of drug-likeness (QED) is 0.761. The zero-order valence-electron chi connectivity index (χ0n) is 8.18. The highest BCUT2D eigenvalue weighted by molar-refractivity contribution is 7.11. The summed E-state index contributed by atoms with van der Waals surface area (Å²) in [5.41, 5.74) is 0. The summed E-state index contributed by atoms with van der Waals surface area (Å²) in [7, 11) is 0. The second-order valence-corrected chi connectivity index (χ2v) is 4.95. The van der Waals surface area contributed by atoms with E-state index in [-0.39, 0.29) is 0 Å². The third-order valence-corrected chi connectivity index (χ3v) is 3.74. The van der Waals surface area contributed by atoms with Crippen molar-refractivity contribution >= 4 is 11.3 Å². The van der Waals surface area contributed by atoms with Gasteiger partial charge in [0.25, 0.3) is 0 Å². The molecule has 1 aromatic heterocycles. The number of rotatable bonds is 5. The van der Waals surface area contributed by atoms with Crippen LogP contribution in [-0.2, 0) is 12.8 Å². The van der Waals surface area contributed by atoms with Crippen molar-refractivity contribution in [2.75, 3.05) is 6.54 Å². The Morgan fingerprint density at radius 1 is 1.38 bits per heavy atom. The van der Waals surface area contributed by atoms with Crippen molar-refractivity contribution in [2.45, 2.75) is 38.6 Å². The minimum absolute atomic E-state index is 0.852. The van der Waals surface area contributed by atoms with Crippen molar-refractivity contribution in [3.63, 3.8) is 0 Å². The van der Waals surface area contributed by atoms with Gasteiger partial charge in [0.1, 0.15) is 0 Å². The van der Waals surface area contributed by atoms with Crippen LogP contribution in [0.5, 0.6) is 0 Å². The first-order valence-electron chi connectivity index (χ1n) is 5.19. The largest absolute Gasteiger partial charge is 0.314 e. The van der Waals surface area contributed by atoms with E-state index in [9.17, 15) is 0 Å². The lowest BCUT2D eigenvalue weighted by Gasteiger charge is -1.99. The van der Waals surface area contributed by atoms with Crippen LogP contribution in [0.25, 0.3) is 0 Å². The summed E-state index contributed by atoms with van der Waals surface area (Å²) < 4.78 is 0. The zero-order valence-corrected chi connectivity index (χ0v) is 8.99. The Morgan fingerprint density at radius 3 is 2.77 bits per heavy atom. The number of aryl methyl sites for hydroxylation is 1. The van der Waals surface area contributed by atoms with Crippen LogP contribution in [0.1, 0.15) is 29.5 Å². The van der Waals surface area contributed by atoms with Gasteiger partial charge >= 0.3 is 0 Å². The van der Waals surface area contributed by atoms with Crippen LogP contribution in [0.15, 0.2) is 12.1 Å². The standard InChI is InChI=1S/C11H17NS/c1-2-10-5-6-11(13-10)7-8-12-9-3-4-9/h5-6,9,12H,2-4,7-8H2,1H3. The van der Waals surface area contributed by atoms with Crippen molar-refractivity contribution < 1.29 is 0 Å². The fraction of sp³-hybridized carbons (Fsp3) is 0.636. The van der Waals surface area contributed by atoms with Crippen LogP contribution >= 0.6 is 11.3 Å². The molecule has 0 atom stereocenters. The number of nitrogens with one attached hydrogen (secondary N) is 1. The fourth-order valence-corrected chi connectivity index (χ4v) is 2.39. The zero-order chi connectivity index (χ0) is 9.10. The van der Waals surface area contributed by atoms with E-state index in [1.807, 2.05) is 11.3 Å². The van der Waals surface area contributed by atoms with Crippen LogP contribution in [0.2, 0.25) is 0 Å². The first-order chi connectivity index (χ1) is 6.38. The molecule has 0 aliphatic heterocycles. The Morgan fingerprint density at radius 2 is 2.15 bits per heavy atom. The van der Waals surface area contributed by atoms with Gasteiger partial charge in [-0.3, -0.25) is 0 Å². The highest BCUT2D eigenvalue weighted by atomic mass is 32.1. The molecule has 1 nitrogen and oxygen atoms in total. The molecule has 0 aromatic carbocycles.